The van der Waals surface area contributed by atoms with E-state index in [0.717, 1.165) is 6.42 Å². The highest BCUT2D eigenvalue weighted by molar-refractivity contribution is 6.33. The highest BCUT2D eigenvalue weighted by Crippen LogP contribution is 2.32. The van der Waals surface area contributed by atoms with E-state index in [-0.39, 0.29) is 24.1 Å². The third kappa shape index (κ3) is 2.76. The number of anilines is 1. The van der Waals surface area contributed by atoms with Crippen molar-refractivity contribution in [1.82, 2.24) is 0 Å². The number of methoxy groups -OCH3 is 1. The zero-order valence-electron chi connectivity index (χ0n) is 10.5. The first-order chi connectivity index (χ1) is 8.65. The predicted molar refractivity (Wildman–Crippen MR) is 69.6 cm³/mol. The van der Waals surface area contributed by atoms with Crippen molar-refractivity contribution in [2.45, 2.75) is 31.6 Å². The van der Waals surface area contributed by atoms with Crippen molar-refractivity contribution < 1.29 is 13.9 Å². The Bertz CT molecular complexity index is 416. The minimum Gasteiger partial charge on any atom is -0.378 e. The van der Waals surface area contributed by atoms with E-state index in [4.69, 9.17) is 21.1 Å². The van der Waals surface area contributed by atoms with Gasteiger partial charge in [-0.2, -0.15) is 0 Å². The molecule has 18 heavy (non-hydrogen) atoms. The van der Waals surface area contributed by atoms with Crippen LogP contribution in [0.1, 0.15) is 13.3 Å². The van der Waals surface area contributed by atoms with Crippen molar-refractivity contribution in [2.24, 2.45) is 0 Å². The van der Waals surface area contributed by atoms with Crippen LogP contribution in [0.15, 0.2) is 18.2 Å². The summed E-state index contributed by atoms with van der Waals surface area (Å²) in [5, 5.41) is 3.71. The Kier molecular flexibility index (Phi) is 4.43. The Morgan fingerprint density at radius 3 is 2.94 bits per heavy atom. The molecule has 100 valence electrons. The van der Waals surface area contributed by atoms with Gasteiger partial charge >= 0.3 is 0 Å². The summed E-state index contributed by atoms with van der Waals surface area (Å²) in [6.45, 7) is 2.62. The van der Waals surface area contributed by atoms with Crippen LogP contribution < -0.4 is 5.32 Å². The molecule has 0 spiro atoms. The third-order valence-corrected chi connectivity index (χ3v) is 3.50. The van der Waals surface area contributed by atoms with Crippen molar-refractivity contribution in [3.63, 3.8) is 0 Å². The van der Waals surface area contributed by atoms with Crippen molar-refractivity contribution in [3.05, 3.63) is 29.0 Å². The van der Waals surface area contributed by atoms with Crippen LogP contribution in [0, 0.1) is 5.82 Å². The van der Waals surface area contributed by atoms with Gasteiger partial charge in [0.05, 0.1) is 22.9 Å². The Balaban J connectivity index is 2.00. The maximum absolute atomic E-state index is 13.1. The molecule has 0 heterocycles. The van der Waals surface area contributed by atoms with Crippen molar-refractivity contribution in [1.29, 1.82) is 0 Å². The number of benzene rings is 1. The van der Waals surface area contributed by atoms with Gasteiger partial charge in [0.15, 0.2) is 0 Å². The van der Waals surface area contributed by atoms with E-state index < -0.39 is 0 Å². The molecule has 1 N–H and O–H groups in total. The second kappa shape index (κ2) is 5.87. The molecule has 1 aliphatic rings. The second-order valence-corrected chi connectivity index (χ2v) is 4.71. The monoisotopic (exact) mass is 273 g/mol. The van der Waals surface area contributed by atoms with Gasteiger partial charge in [0.25, 0.3) is 0 Å². The van der Waals surface area contributed by atoms with Crippen molar-refractivity contribution in [2.75, 3.05) is 19.0 Å². The third-order valence-electron chi connectivity index (χ3n) is 3.17. The fourth-order valence-electron chi connectivity index (χ4n) is 2.22. The van der Waals surface area contributed by atoms with Crippen LogP contribution in [0.2, 0.25) is 5.02 Å². The van der Waals surface area contributed by atoms with E-state index in [1.54, 1.807) is 13.2 Å². The minimum atomic E-state index is -0.309. The van der Waals surface area contributed by atoms with Gasteiger partial charge in [-0.25, -0.2) is 4.39 Å². The van der Waals surface area contributed by atoms with E-state index >= 15 is 0 Å². The lowest BCUT2D eigenvalue weighted by atomic mass is 9.85. The molecule has 0 aromatic heterocycles. The molecule has 0 saturated heterocycles. The van der Waals surface area contributed by atoms with Gasteiger partial charge in [0, 0.05) is 13.7 Å². The molecule has 1 aromatic carbocycles. The van der Waals surface area contributed by atoms with Gasteiger partial charge in [-0.3, -0.25) is 0 Å². The lowest BCUT2D eigenvalue weighted by molar-refractivity contribution is -0.118. The van der Waals surface area contributed by atoms with Crippen LogP contribution >= 0.6 is 11.6 Å². The highest BCUT2D eigenvalue weighted by atomic mass is 35.5. The standard InChI is InChI=1S/C13H17ClFNO2/c1-3-18-12-7-11(13(12)17-2)16-10-6-8(15)4-5-9(10)14/h4-6,11-13,16H,3,7H2,1-2H3. The highest BCUT2D eigenvalue weighted by Gasteiger charge is 2.42. The zero-order valence-corrected chi connectivity index (χ0v) is 11.2. The molecular weight excluding hydrogens is 257 g/mol. The quantitative estimate of drug-likeness (QED) is 0.894. The van der Waals surface area contributed by atoms with Gasteiger partial charge in [0.2, 0.25) is 0 Å². The van der Waals surface area contributed by atoms with Gasteiger partial charge in [0.1, 0.15) is 11.9 Å². The molecule has 1 aromatic rings. The van der Waals surface area contributed by atoms with Crippen LogP contribution in [0.3, 0.4) is 0 Å². The van der Waals surface area contributed by atoms with Crippen LogP contribution in [0.5, 0.6) is 0 Å². The Morgan fingerprint density at radius 1 is 1.50 bits per heavy atom. The zero-order chi connectivity index (χ0) is 13.1. The summed E-state index contributed by atoms with van der Waals surface area (Å²) in [7, 11) is 1.65. The number of nitrogens with one attached hydrogen (secondary N) is 1. The van der Waals surface area contributed by atoms with Crippen LogP contribution in [0.25, 0.3) is 0 Å². The Morgan fingerprint density at radius 2 is 2.28 bits per heavy atom. The maximum Gasteiger partial charge on any atom is 0.125 e. The molecule has 2 rings (SSSR count). The van der Waals surface area contributed by atoms with Crippen molar-refractivity contribution >= 4 is 17.3 Å². The normalized spacial score (nSPS) is 26.8. The van der Waals surface area contributed by atoms with Gasteiger partial charge < -0.3 is 14.8 Å². The number of hydrogen-bond donors (Lipinski definition) is 1. The first kappa shape index (κ1) is 13.6. The fourth-order valence-corrected chi connectivity index (χ4v) is 2.40. The lowest BCUT2D eigenvalue weighted by Crippen LogP contribution is -2.56. The molecule has 1 aliphatic carbocycles. The number of rotatable bonds is 5. The average molecular weight is 274 g/mol. The molecule has 3 atom stereocenters. The lowest BCUT2D eigenvalue weighted by Gasteiger charge is -2.43. The van der Waals surface area contributed by atoms with Crippen LogP contribution in [-0.4, -0.2) is 32.0 Å². The average Bonchev–Trinajstić information content (AvgIpc) is 2.32. The summed E-state index contributed by atoms with van der Waals surface area (Å²) in [4.78, 5) is 0. The minimum absolute atomic E-state index is 0.0238. The molecule has 5 heteroatoms. The number of halogens is 2. The van der Waals surface area contributed by atoms with E-state index in [1.165, 1.54) is 12.1 Å². The molecular formula is C13H17ClFNO2. The van der Waals surface area contributed by atoms with Crippen molar-refractivity contribution in [3.8, 4) is 0 Å². The Labute approximate surface area is 111 Å². The van der Waals surface area contributed by atoms with Gasteiger partial charge in [-0.1, -0.05) is 11.6 Å². The molecule has 3 nitrogen and oxygen atoms in total. The fraction of sp³-hybridized carbons (Fsp3) is 0.538. The van der Waals surface area contributed by atoms with Crippen LogP contribution in [0.4, 0.5) is 10.1 Å². The first-order valence-corrected chi connectivity index (χ1v) is 6.39. The van der Waals surface area contributed by atoms with Gasteiger partial charge in [-0.05, 0) is 31.5 Å². The first-order valence-electron chi connectivity index (χ1n) is 6.01. The SMILES string of the molecule is CCOC1CC(Nc2cc(F)ccc2Cl)C1OC. The molecule has 0 aliphatic heterocycles. The summed E-state index contributed by atoms with van der Waals surface area (Å²) in [5.41, 5.74) is 0.596. The molecule has 3 unspecified atom stereocenters. The largest absolute Gasteiger partial charge is 0.378 e. The summed E-state index contributed by atoms with van der Waals surface area (Å²) in [6.07, 6.45) is 0.910. The van der Waals surface area contributed by atoms with Gasteiger partial charge in [-0.15, -0.1) is 0 Å². The molecule has 0 bridgehead atoms. The predicted octanol–water partition coefficient (Wildman–Crippen LogP) is 3.08. The summed E-state index contributed by atoms with van der Waals surface area (Å²) in [6, 6.07) is 4.37. The summed E-state index contributed by atoms with van der Waals surface area (Å²) >= 11 is 6.01. The van der Waals surface area contributed by atoms with E-state index in [2.05, 4.69) is 5.32 Å². The molecule has 0 amide bonds. The number of ether oxygens (including phenoxy) is 2. The van der Waals surface area contributed by atoms with E-state index in [1.807, 2.05) is 6.92 Å². The smallest absolute Gasteiger partial charge is 0.125 e. The maximum atomic E-state index is 13.1. The summed E-state index contributed by atoms with van der Waals surface area (Å²) < 4.78 is 24.1. The second-order valence-electron chi connectivity index (χ2n) is 4.30. The topological polar surface area (TPSA) is 30.5 Å². The number of hydrogen-bond acceptors (Lipinski definition) is 3. The Hall–Kier alpha value is -0.840. The van der Waals surface area contributed by atoms with E-state index in [0.29, 0.717) is 17.3 Å². The molecule has 0 radical (unpaired) electrons. The summed E-state index contributed by atoms with van der Waals surface area (Å²) in [5.74, 6) is -0.309. The molecule has 1 fully saturated rings. The van der Waals surface area contributed by atoms with Crippen LogP contribution in [-0.2, 0) is 9.47 Å². The van der Waals surface area contributed by atoms with E-state index in [9.17, 15) is 4.39 Å². The molecule has 1 saturated carbocycles.